The topological polar surface area (TPSA) is 56.1 Å². The maximum Gasteiger partial charge on any atom is 0.225 e. The highest BCUT2D eigenvalue weighted by molar-refractivity contribution is 5.90. The van der Waals surface area contributed by atoms with Crippen LogP contribution in [0.1, 0.15) is 51.3 Å². The van der Waals surface area contributed by atoms with Gasteiger partial charge in [-0.2, -0.15) is 5.10 Å². The van der Waals surface area contributed by atoms with Crippen molar-refractivity contribution in [1.82, 2.24) is 9.78 Å². The van der Waals surface area contributed by atoms with Crippen molar-refractivity contribution in [3.05, 3.63) is 11.8 Å². The van der Waals surface area contributed by atoms with Crippen LogP contribution in [0.3, 0.4) is 0 Å². The summed E-state index contributed by atoms with van der Waals surface area (Å²) in [5.41, 5.74) is 1.07. The van der Waals surface area contributed by atoms with Crippen LogP contribution in [-0.4, -0.2) is 27.9 Å². The predicted octanol–water partition coefficient (Wildman–Crippen LogP) is 2.67. The summed E-state index contributed by atoms with van der Waals surface area (Å²) in [5.74, 6) is 1.10. The first-order chi connectivity index (χ1) is 9.52. The fraction of sp³-hybridized carbons (Fsp3) is 0.733. The molecule has 0 saturated carbocycles. The minimum Gasteiger partial charge on any atom is -0.375 e. The zero-order valence-electron chi connectivity index (χ0n) is 12.4. The monoisotopic (exact) mass is 277 g/mol. The molecule has 2 fully saturated rings. The summed E-state index contributed by atoms with van der Waals surface area (Å²) in [6.07, 6.45) is 4.58. The molecule has 3 rings (SSSR count). The Bertz CT molecular complexity index is 509. The Hall–Kier alpha value is -1.36. The van der Waals surface area contributed by atoms with E-state index >= 15 is 0 Å². The second kappa shape index (κ2) is 5.20. The molecule has 0 aromatic carbocycles. The van der Waals surface area contributed by atoms with Gasteiger partial charge in [-0.3, -0.25) is 9.48 Å². The number of nitrogens with one attached hydrogen (secondary N) is 1. The number of carbonyl (C=O) groups excluding carboxylic acids is 1. The third-order valence-corrected chi connectivity index (χ3v) is 4.36. The molecule has 3 atom stereocenters. The molecule has 2 aliphatic rings. The van der Waals surface area contributed by atoms with Crippen LogP contribution in [0, 0.1) is 12.8 Å². The van der Waals surface area contributed by atoms with Gasteiger partial charge in [-0.1, -0.05) is 0 Å². The smallest absolute Gasteiger partial charge is 0.225 e. The number of fused-ring (bicyclic) bond motifs is 2. The Morgan fingerprint density at radius 1 is 1.55 bits per heavy atom. The number of anilines is 1. The summed E-state index contributed by atoms with van der Waals surface area (Å²) in [6, 6.07) is 2.23. The lowest BCUT2D eigenvalue weighted by atomic mass is 9.87. The van der Waals surface area contributed by atoms with E-state index in [1.807, 2.05) is 17.7 Å². The van der Waals surface area contributed by atoms with Gasteiger partial charge in [-0.05, 0) is 46.0 Å². The van der Waals surface area contributed by atoms with Crippen LogP contribution in [0.4, 0.5) is 5.82 Å². The first-order valence-corrected chi connectivity index (χ1v) is 7.54. The lowest BCUT2D eigenvalue weighted by Gasteiger charge is -2.17. The van der Waals surface area contributed by atoms with Crippen molar-refractivity contribution in [3.8, 4) is 0 Å². The highest BCUT2D eigenvalue weighted by Crippen LogP contribution is 2.40. The number of nitrogens with zero attached hydrogens (tertiary/aromatic N) is 2. The van der Waals surface area contributed by atoms with Gasteiger partial charge in [0.25, 0.3) is 0 Å². The number of amides is 1. The molecular formula is C15H23N3O2. The van der Waals surface area contributed by atoms with Gasteiger partial charge >= 0.3 is 0 Å². The standard InChI is InChI=1S/C15H23N3O2/c1-9(2)18-10(3)6-14(17-18)16-15(19)8-11-7-12-4-5-13(11)20-12/h6,9,11-13H,4-5,7-8H2,1-3H3,(H,16,17,19). The molecule has 5 heteroatoms. The van der Waals surface area contributed by atoms with Crippen molar-refractivity contribution in [1.29, 1.82) is 0 Å². The van der Waals surface area contributed by atoms with Crippen molar-refractivity contribution < 1.29 is 9.53 Å². The van der Waals surface area contributed by atoms with E-state index < -0.39 is 0 Å². The van der Waals surface area contributed by atoms with Gasteiger partial charge in [0.1, 0.15) is 0 Å². The van der Waals surface area contributed by atoms with Gasteiger partial charge in [0.15, 0.2) is 5.82 Å². The minimum atomic E-state index is 0.0551. The van der Waals surface area contributed by atoms with Crippen LogP contribution in [0.25, 0.3) is 0 Å². The molecule has 1 aromatic heterocycles. The molecule has 2 saturated heterocycles. The fourth-order valence-electron chi connectivity index (χ4n) is 3.46. The van der Waals surface area contributed by atoms with Crippen LogP contribution in [-0.2, 0) is 9.53 Å². The molecule has 2 bridgehead atoms. The molecule has 3 heterocycles. The number of ether oxygens (including phenoxy) is 1. The third kappa shape index (κ3) is 2.59. The van der Waals surface area contributed by atoms with Gasteiger partial charge in [0.2, 0.25) is 5.91 Å². The van der Waals surface area contributed by atoms with E-state index in [0.29, 0.717) is 36.4 Å². The number of rotatable bonds is 4. The van der Waals surface area contributed by atoms with Gasteiger partial charge in [0.05, 0.1) is 12.2 Å². The maximum atomic E-state index is 12.1. The number of aromatic nitrogens is 2. The number of hydrogen-bond acceptors (Lipinski definition) is 3. The van der Waals surface area contributed by atoms with Gasteiger partial charge in [0, 0.05) is 24.2 Å². The van der Waals surface area contributed by atoms with E-state index in [0.717, 1.165) is 18.5 Å². The van der Waals surface area contributed by atoms with E-state index in [9.17, 15) is 4.79 Å². The van der Waals surface area contributed by atoms with E-state index in [-0.39, 0.29) is 5.91 Å². The summed E-state index contributed by atoms with van der Waals surface area (Å²) >= 11 is 0. The zero-order valence-corrected chi connectivity index (χ0v) is 12.4. The van der Waals surface area contributed by atoms with Crippen LogP contribution in [0.15, 0.2) is 6.07 Å². The van der Waals surface area contributed by atoms with Gasteiger partial charge < -0.3 is 10.1 Å². The summed E-state index contributed by atoms with van der Waals surface area (Å²) in [6.45, 7) is 6.17. The molecular weight excluding hydrogens is 254 g/mol. The Kier molecular flexibility index (Phi) is 3.54. The highest BCUT2D eigenvalue weighted by atomic mass is 16.5. The average Bonchev–Trinajstić information content (AvgIpc) is 3.04. The quantitative estimate of drug-likeness (QED) is 0.920. The Labute approximate surface area is 119 Å². The van der Waals surface area contributed by atoms with Gasteiger partial charge in [-0.15, -0.1) is 0 Å². The van der Waals surface area contributed by atoms with Crippen LogP contribution >= 0.6 is 0 Å². The molecule has 0 aliphatic carbocycles. The molecule has 1 N–H and O–H groups in total. The van der Waals surface area contributed by atoms with Crippen molar-refractivity contribution in [2.75, 3.05) is 5.32 Å². The van der Waals surface area contributed by atoms with Crippen molar-refractivity contribution >= 4 is 11.7 Å². The van der Waals surface area contributed by atoms with Crippen molar-refractivity contribution in [2.24, 2.45) is 5.92 Å². The number of aryl methyl sites for hydroxylation is 1. The fourth-order valence-corrected chi connectivity index (χ4v) is 3.46. The first-order valence-electron chi connectivity index (χ1n) is 7.54. The molecule has 0 spiro atoms. The van der Waals surface area contributed by atoms with E-state index in [2.05, 4.69) is 24.3 Å². The van der Waals surface area contributed by atoms with Gasteiger partial charge in [-0.25, -0.2) is 0 Å². The summed E-state index contributed by atoms with van der Waals surface area (Å²) < 4.78 is 7.72. The summed E-state index contributed by atoms with van der Waals surface area (Å²) in [7, 11) is 0. The predicted molar refractivity (Wildman–Crippen MR) is 76.6 cm³/mol. The zero-order chi connectivity index (χ0) is 14.3. The summed E-state index contributed by atoms with van der Waals surface area (Å²) in [5, 5.41) is 7.34. The molecule has 2 aliphatic heterocycles. The Morgan fingerprint density at radius 3 is 2.90 bits per heavy atom. The molecule has 0 radical (unpaired) electrons. The molecule has 20 heavy (non-hydrogen) atoms. The molecule has 3 unspecified atom stereocenters. The lowest BCUT2D eigenvalue weighted by molar-refractivity contribution is -0.117. The highest BCUT2D eigenvalue weighted by Gasteiger charge is 2.41. The minimum absolute atomic E-state index is 0.0551. The van der Waals surface area contributed by atoms with Crippen LogP contribution < -0.4 is 5.32 Å². The maximum absolute atomic E-state index is 12.1. The lowest BCUT2D eigenvalue weighted by Crippen LogP contribution is -2.23. The molecule has 5 nitrogen and oxygen atoms in total. The number of hydrogen-bond donors (Lipinski definition) is 1. The largest absolute Gasteiger partial charge is 0.375 e. The van der Waals surface area contributed by atoms with E-state index in [1.54, 1.807) is 0 Å². The first kappa shape index (κ1) is 13.6. The Morgan fingerprint density at radius 2 is 2.35 bits per heavy atom. The summed E-state index contributed by atoms with van der Waals surface area (Å²) in [4.78, 5) is 12.1. The second-order valence-corrected chi connectivity index (χ2v) is 6.33. The molecule has 1 amide bonds. The molecule has 110 valence electrons. The van der Waals surface area contributed by atoms with Crippen molar-refractivity contribution in [2.45, 2.75) is 64.7 Å². The normalized spacial score (nSPS) is 28.3. The van der Waals surface area contributed by atoms with Crippen molar-refractivity contribution in [3.63, 3.8) is 0 Å². The van der Waals surface area contributed by atoms with Crippen LogP contribution in [0.5, 0.6) is 0 Å². The Balaban J connectivity index is 1.57. The van der Waals surface area contributed by atoms with E-state index in [1.165, 1.54) is 6.42 Å². The van der Waals surface area contributed by atoms with E-state index in [4.69, 9.17) is 4.74 Å². The molecule has 1 aromatic rings. The average molecular weight is 277 g/mol. The third-order valence-electron chi connectivity index (χ3n) is 4.36. The number of carbonyl (C=O) groups is 1. The SMILES string of the molecule is Cc1cc(NC(=O)CC2CC3CCC2O3)nn1C(C)C. The van der Waals surface area contributed by atoms with Crippen LogP contribution in [0.2, 0.25) is 0 Å². The second-order valence-electron chi connectivity index (χ2n) is 6.33.